The molecule has 0 radical (unpaired) electrons. The number of rotatable bonds is 3. The maximum absolute atomic E-state index is 12.0. The highest BCUT2D eigenvalue weighted by Gasteiger charge is 2.26. The van der Waals surface area contributed by atoms with Crippen LogP contribution in [0.2, 0.25) is 0 Å². The van der Waals surface area contributed by atoms with E-state index in [1.807, 2.05) is 25.2 Å². The van der Waals surface area contributed by atoms with Gasteiger partial charge >= 0.3 is 0 Å². The van der Waals surface area contributed by atoms with Gasteiger partial charge < -0.3 is 9.64 Å². The van der Waals surface area contributed by atoms with Crippen molar-refractivity contribution >= 4 is 5.91 Å². The summed E-state index contributed by atoms with van der Waals surface area (Å²) < 4.78 is 5.22. The smallest absolute Gasteiger partial charge is 0.228 e. The van der Waals surface area contributed by atoms with Crippen molar-refractivity contribution in [3.8, 4) is 0 Å². The first-order valence-corrected chi connectivity index (χ1v) is 5.50. The van der Waals surface area contributed by atoms with Crippen LogP contribution in [-0.2, 0) is 16.1 Å². The molecule has 1 amide bonds. The maximum atomic E-state index is 12.0. The maximum Gasteiger partial charge on any atom is 0.228 e. The van der Waals surface area contributed by atoms with E-state index in [1.165, 1.54) is 0 Å². The van der Waals surface area contributed by atoms with Gasteiger partial charge in [-0.3, -0.25) is 9.78 Å². The number of aromatic nitrogens is 1. The molecule has 4 heteroatoms. The molecular weight excluding hydrogens is 204 g/mol. The summed E-state index contributed by atoms with van der Waals surface area (Å²) in [5.41, 5.74) is 0.914. The third-order valence-corrected chi connectivity index (χ3v) is 2.78. The molecule has 1 aliphatic rings. The van der Waals surface area contributed by atoms with E-state index in [9.17, 15) is 4.79 Å². The number of hydrogen-bond donors (Lipinski definition) is 0. The van der Waals surface area contributed by atoms with Crippen LogP contribution in [0.15, 0.2) is 24.4 Å². The Balaban J connectivity index is 1.92. The summed E-state index contributed by atoms with van der Waals surface area (Å²) in [6.45, 7) is 1.83. The van der Waals surface area contributed by atoms with Crippen molar-refractivity contribution < 1.29 is 9.53 Å². The van der Waals surface area contributed by atoms with Crippen LogP contribution in [0, 0.1) is 5.92 Å². The molecule has 1 aromatic heterocycles. The summed E-state index contributed by atoms with van der Waals surface area (Å²) in [6.07, 6.45) is 2.58. The van der Waals surface area contributed by atoms with E-state index in [0.717, 1.165) is 12.1 Å². The molecular formula is C12H16N2O2. The summed E-state index contributed by atoms with van der Waals surface area (Å²) in [5.74, 6) is 0.192. The molecule has 86 valence electrons. The summed E-state index contributed by atoms with van der Waals surface area (Å²) >= 11 is 0. The van der Waals surface area contributed by atoms with Gasteiger partial charge in [-0.05, 0) is 18.6 Å². The van der Waals surface area contributed by atoms with Gasteiger partial charge in [0.05, 0.1) is 24.8 Å². The van der Waals surface area contributed by atoms with Gasteiger partial charge in [0, 0.05) is 19.9 Å². The summed E-state index contributed by atoms with van der Waals surface area (Å²) in [7, 11) is 1.81. The van der Waals surface area contributed by atoms with Crippen LogP contribution in [0.4, 0.5) is 0 Å². The molecule has 1 saturated heterocycles. The molecule has 1 aromatic rings. The topological polar surface area (TPSA) is 42.4 Å². The first kappa shape index (κ1) is 11.1. The van der Waals surface area contributed by atoms with Crippen molar-refractivity contribution in [1.29, 1.82) is 0 Å². The third kappa shape index (κ3) is 2.58. The monoisotopic (exact) mass is 220 g/mol. The van der Waals surface area contributed by atoms with Crippen molar-refractivity contribution in [3.05, 3.63) is 30.1 Å². The zero-order chi connectivity index (χ0) is 11.4. The molecule has 1 fully saturated rings. The molecule has 1 unspecified atom stereocenters. The highest BCUT2D eigenvalue weighted by molar-refractivity contribution is 5.78. The van der Waals surface area contributed by atoms with Crippen LogP contribution in [0.5, 0.6) is 0 Å². The van der Waals surface area contributed by atoms with Gasteiger partial charge in [0.25, 0.3) is 0 Å². The van der Waals surface area contributed by atoms with Gasteiger partial charge in [0.2, 0.25) is 5.91 Å². The van der Waals surface area contributed by atoms with Crippen LogP contribution in [-0.4, -0.2) is 36.1 Å². The molecule has 0 saturated carbocycles. The lowest BCUT2D eigenvalue weighted by Crippen LogP contribution is -2.32. The zero-order valence-electron chi connectivity index (χ0n) is 9.43. The SMILES string of the molecule is CN(Cc1ccccn1)C(=O)C1CCOC1. The molecule has 4 nitrogen and oxygen atoms in total. The molecule has 2 rings (SSSR count). The van der Waals surface area contributed by atoms with Crippen LogP contribution in [0.25, 0.3) is 0 Å². The Hall–Kier alpha value is -1.42. The lowest BCUT2D eigenvalue weighted by Gasteiger charge is -2.19. The number of carbonyl (C=O) groups is 1. The molecule has 0 N–H and O–H groups in total. The number of carbonyl (C=O) groups excluding carboxylic acids is 1. The predicted octanol–water partition coefficient (Wildman–Crippen LogP) is 1.08. The minimum atomic E-state index is 0.0358. The molecule has 2 heterocycles. The number of amides is 1. The molecule has 0 spiro atoms. The Morgan fingerprint density at radius 1 is 1.62 bits per heavy atom. The van der Waals surface area contributed by atoms with Gasteiger partial charge in [0.1, 0.15) is 0 Å². The van der Waals surface area contributed by atoms with Crippen LogP contribution in [0.3, 0.4) is 0 Å². The fraction of sp³-hybridized carbons (Fsp3) is 0.500. The Morgan fingerprint density at radius 3 is 3.12 bits per heavy atom. The molecule has 1 aliphatic heterocycles. The molecule has 0 aromatic carbocycles. The highest BCUT2D eigenvalue weighted by atomic mass is 16.5. The standard InChI is InChI=1S/C12H16N2O2/c1-14(8-11-4-2-3-6-13-11)12(15)10-5-7-16-9-10/h2-4,6,10H,5,7-9H2,1H3. The summed E-state index contributed by atoms with van der Waals surface area (Å²) in [6, 6.07) is 5.73. The van der Waals surface area contributed by atoms with E-state index in [-0.39, 0.29) is 11.8 Å². The largest absolute Gasteiger partial charge is 0.381 e. The van der Waals surface area contributed by atoms with Crippen molar-refractivity contribution in [1.82, 2.24) is 9.88 Å². The van der Waals surface area contributed by atoms with Gasteiger partial charge in [-0.15, -0.1) is 0 Å². The van der Waals surface area contributed by atoms with Gasteiger partial charge in [0.15, 0.2) is 0 Å². The normalized spacial score (nSPS) is 19.7. The molecule has 0 aliphatic carbocycles. The van der Waals surface area contributed by atoms with E-state index < -0.39 is 0 Å². The van der Waals surface area contributed by atoms with Crippen LogP contribution < -0.4 is 0 Å². The van der Waals surface area contributed by atoms with E-state index >= 15 is 0 Å². The minimum Gasteiger partial charge on any atom is -0.381 e. The van der Waals surface area contributed by atoms with Crippen molar-refractivity contribution in [2.75, 3.05) is 20.3 Å². The highest BCUT2D eigenvalue weighted by Crippen LogP contribution is 2.15. The second kappa shape index (κ2) is 5.07. The lowest BCUT2D eigenvalue weighted by atomic mass is 10.1. The number of pyridine rings is 1. The number of nitrogens with zero attached hydrogens (tertiary/aromatic N) is 2. The van der Waals surface area contributed by atoms with Crippen LogP contribution >= 0.6 is 0 Å². The molecule has 0 bridgehead atoms. The van der Waals surface area contributed by atoms with Crippen molar-refractivity contribution in [2.24, 2.45) is 5.92 Å². The van der Waals surface area contributed by atoms with E-state index in [4.69, 9.17) is 4.74 Å². The summed E-state index contributed by atoms with van der Waals surface area (Å²) in [4.78, 5) is 17.9. The van der Waals surface area contributed by atoms with Crippen molar-refractivity contribution in [3.63, 3.8) is 0 Å². The van der Waals surface area contributed by atoms with Gasteiger partial charge in [-0.25, -0.2) is 0 Å². The van der Waals surface area contributed by atoms with E-state index in [0.29, 0.717) is 19.8 Å². The van der Waals surface area contributed by atoms with Gasteiger partial charge in [-0.1, -0.05) is 6.07 Å². The van der Waals surface area contributed by atoms with Crippen molar-refractivity contribution in [2.45, 2.75) is 13.0 Å². The fourth-order valence-corrected chi connectivity index (χ4v) is 1.85. The second-order valence-electron chi connectivity index (χ2n) is 4.08. The Labute approximate surface area is 95.2 Å². The van der Waals surface area contributed by atoms with E-state index in [1.54, 1.807) is 11.1 Å². The minimum absolute atomic E-state index is 0.0358. The number of ether oxygens (including phenoxy) is 1. The molecule has 1 atom stereocenters. The predicted molar refractivity (Wildman–Crippen MR) is 59.6 cm³/mol. The summed E-state index contributed by atoms with van der Waals surface area (Å²) in [5, 5.41) is 0. The third-order valence-electron chi connectivity index (χ3n) is 2.78. The average molecular weight is 220 g/mol. The fourth-order valence-electron chi connectivity index (χ4n) is 1.85. The van der Waals surface area contributed by atoms with E-state index in [2.05, 4.69) is 4.98 Å². The Morgan fingerprint density at radius 2 is 2.50 bits per heavy atom. The quantitative estimate of drug-likeness (QED) is 0.765. The first-order valence-electron chi connectivity index (χ1n) is 5.50. The van der Waals surface area contributed by atoms with Crippen LogP contribution in [0.1, 0.15) is 12.1 Å². The molecule has 16 heavy (non-hydrogen) atoms. The average Bonchev–Trinajstić information content (AvgIpc) is 2.83. The zero-order valence-corrected chi connectivity index (χ0v) is 9.43. The lowest BCUT2D eigenvalue weighted by molar-refractivity contribution is -0.134. The van der Waals surface area contributed by atoms with Gasteiger partial charge in [-0.2, -0.15) is 0 Å². The Kier molecular flexibility index (Phi) is 3.51. The second-order valence-corrected chi connectivity index (χ2v) is 4.08. The Bertz CT molecular complexity index is 347. The first-order chi connectivity index (χ1) is 7.77. The number of hydrogen-bond acceptors (Lipinski definition) is 3.